The summed E-state index contributed by atoms with van der Waals surface area (Å²) >= 11 is 1.43. The van der Waals surface area contributed by atoms with Gasteiger partial charge in [-0.15, -0.1) is 10.2 Å². The number of anilines is 1. The van der Waals surface area contributed by atoms with Crippen molar-refractivity contribution in [3.63, 3.8) is 0 Å². The summed E-state index contributed by atoms with van der Waals surface area (Å²) in [7, 11) is 0. The molecule has 118 valence electrons. The summed E-state index contributed by atoms with van der Waals surface area (Å²) in [5, 5.41) is 12.2. The van der Waals surface area contributed by atoms with Gasteiger partial charge in [0.2, 0.25) is 11.9 Å². The Kier molecular flexibility index (Phi) is 6.31. The van der Waals surface area contributed by atoms with Crippen LogP contribution in [0.15, 0.2) is 5.16 Å². The molecule has 0 saturated carbocycles. The normalized spacial score (nSPS) is 15.2. The molecular weight excluding hydrogens is 290 g/mol. The molecule has 0 spiro atoms. The third-order valence-corrected chi connectivity index (χ3v) is 4.18. The maximum absolute atomic E-state index is 11.7. The van der Waals surface area contributed by atoms with Crippen molar-refractivity contribution in [1.29, 1.82) is 0 Å². The number of nitrogens with zero attached hydrogens (tertiary/aromatic N) is 4. The van der Waals surface area contributed by atoms with Gasteiger partial charge in [-0.25, -0.2) is 0 Å². The molecule has 0 atom stereocenters. The number of rotatable bonds is 7. The number of thioether (sulfide) groups is 1. The number of morpholine rings is 1. The fraction of sp³-hybridized carbons (Fsp3) is 0.769. The molecule has 0 unspecified atom stereocenters. The van der Waals surface area contributed by atoms with E-state index in [4.69, 9.17) is 4.74 Å². The van der Waals surface area contributed by atoms with E-state index in [0.29, 0.717) is 5.75 Å². The third kappa shape index (κ3) is 4.34. The number of carbonyl (C=O) groups is 1. The molecule has 1 saturated heterocycles. The highest BCUT2D eigenvalue weighted by molar-refractivity contribution is 7.99. The number of carbonyl (C=O) groups excluding carboxylic acids is 1. The third-order valence-electron chi connectivity index (χ3n) is 3.21. The van der Waals surface area contributed by atoms with Crippen LogP contribution in [-0.4, -0.2) is 59.3 Å². The maximum atomic E-state index is 11.7. The molecule has 1 fully saturated rings. The van der Waals surface area contributed by atoms with Gasteiger partial charge in [0, 0.05) is 26.2 Å². The van der Waals surface area contributed by atoms with E-state index in [2.05, 4.69) is 31.9 Å². The topological polar surface area (TPSA) is 72.3 Å². The molecular formula is C13H23N5O2S. The molecule has 1 aliphatic rings. The Morgan fingerprint density at radius 1 is 1.33 bits per heavy atom. The number of ether oxygens (including phenoxy) is 1. The molecule has 7 nitrogen and oxygen atoms in total. The van der Waals surface area contributed by atoms with Gasteiger partial charge in [-0.2, -0.15) is 0 Å². The molecule has 1 aromatic heterocycles. The molecule has 0 aliphatic carbocycles. The second-order valence-electron chi connectivity index (χ2n) is 4.76. The number of hydrogen-bond donors (Lipinski definition) is 1. The zero-order valence-corrected chi connectivity index (χ0v) is 13.5. The van der Waals surface area contributed by atoms with E-state index in [1.54, 1.807) is 0 Å². The molecule has 1 N–H and O–H groups in total. The van der Waals surface area contributed by atoms with Gasteiger partial charge in [0.25, 0.3) is 0 Å². The minimum absolute atomic E-state index is 0.0421. The standard InChI is InChI=1S/C13H23N5O2S/c1-3-5-14-11(19)10-21-13-16-15-12(18(13)4-2)17-6-8-20-9-7-17/h3-10H2,1-2H3,(H,14,19). The number of aromatic nitrogens is 3. The van der Waals surface area contributed by atoms with Crippen molar-refractivity contribution < 1.29 is 9.53 Å². The molecule has 1 aliphatic heterocycles. The van der Waals surface area contributed by atoms with Crippen LogP contribution in [0.1, 0.15) is 20.3 Å². The lowest BCUT2D eigenvalue weighted by molar-refractivity contribution is -0.118. The van der Waals surface area contributed by atoms with Crippen LogP contribution in [-0.2, 0) is 16.1 Å². The highest BCUT2D eigenvalue weighted by Gasteiger charge is 2.20. The first kappa shape index (κ1) is 16.1. The molecule has 0 aromatic carbocycles. The van der Waals surface area contributed by atoms with E-state index in [1.165, 1.54) is 11.8 Å². The van der Waals surface area contributed by atoms with Gasteiger partial charge in [0.15, 0.2) is 5.16 Å². The van der Waals surface area contributed by atoms with Crippen molar-refractivity contribution in [2.45, 2.75) is 32.0 Å². The summed E-state index contributed by atoms with van der Waals surface area (Å²) in [4.78, 5) is 13.8. The largest absolute Gasteiger partial charge is 0.378 e. The minimum Gasteiger partial charge on any atom is -0.378 e. The van der Waals surface area contributed by atoms with Gasteiger partial charge >= 0.3 is 0 Å². The van der Waals surface area contributed by atoms with Crippen LogP contribution in [0, 0.1) is 0 Å². The van der Waals surface area contributed by atoms with E-state index in [9.17, 15) is 4.79 Å². The van der Waals surface area contributed by atoms with Crippen LogP contribution in [0.5, 0.6) is 0 Å². The maximum Gasteiger partial charge on any atom is 0.230 e. The van der Waals surface area contributed by atoms with Crippen molar-refractivity contribution in [2.75, 3.05) is 43.5 Å². The first-order valence-electron chi connectivity index (χ1n) is 7.41. The van der Waals surface area contributed by atoms with Gasteiger partial charge in [0.1, 0.15) is 0 Å². The lowest BCUT2D eigenvalue weighted by Crippen LogP contribution is -2.38. The summed E-state index contributed by atoms with van der Waals surface area (Å²) < 4.78 is 7.42. The van der Waals surface area contributed by atoms with Gasteiger partial charge in [-0.3, -0.25) is 9.36 Å². The van der Waals surface area contributed by atoms with Crippen molar-refractivity contribution in [2.24, 2.45) is 0 Å². The Morgan fingerprint density at radius 3 is 2.76 bits per heavy atom. The predicted octanol–water partition coefficient (Wildman–Crippen LogP) is 0.753. The Morgan fingerprint density at radius 2 is 2.10 bits per heavy atom. The van der Waals surface area contributed by atoms with Crippen LogP contribution >= 0.6 is 11.8 Å². The second-order valence-corrected chi connectivity index (χ2v) is 5.71. The first-order chi connectivity index (χ1) is 10.3. The zero-order chi connectivity index (χ0) is 15.1. The Bertz CT molecular complexity index is 459. The lowest BCUT2D eigenvalue weighted by atomic mass is 10.4. The number of amides is 1. The summed E-state index contributed by atoms with van der Waals surface area (Å²) in [5.41, 5.74) is 0. The summed E-state index contributed by atoms with van der Waals surface area (Å²) in [6.07, 6.45) is 0.947. The molecule has 0 bridgehead atoms. The predicted molar refractivity (Wildman–Crippen MR) is 82.8 cm³/mol. The second kappa shape index (κ2) is 8.23. The van der Waals surface area contributed by atoms with Crippen LogP contribution in [0.2, 0.25) is 0 Å². The van der Waals surface area contributed by atoms with E-state index in [-0.39, 0.29) is 5.91 Å². The van der Waals surface area contributed by atoms with E-state index < -0.39 is 0 Å². The van der Waals surface area contributed by atoms with Gasteiger partial charge in [-0.1, -0.05) is 18.7 Å². The fourth-order valence-electron chi connectivity index (χ4n) is 2.11. The molecule has 21 heavy (non-hydrogen) atoms. The minimum atomic E-state index is 0.0421. The molecule has 2 heterocycles. The van der Waals surface area contributed by atoms with E-state index in [0.717, 1.165) is 56.9 Å². The first-order valence-corrected chi connectivity index (χ1v) is 8.40. The molecule has 0 radical (unpaired) electrons. The zero-order valence-electron chi connectivity index (χ0n) is 12.7. The van der Waals surface area contributed by atoms with Crippen molar-refractivity contribution in [3.8, 4) is 0 Å². The van der Waals surface area contributed by atoms with Crippen LogP contribution < -0.4 is 10.2 Å². The number of nitrogens with one attached hydrogen (secondary N) is 1. The van der Waals surface area contributed by atoms with E-state index >= 15 is 0 Å². The SMILES string of the molecule is CCCNC(=O)CSc1nnc(N2CCOCC2)n1CC. The lowest BCUT2D eigenvalue weighted by Gasteiger charge is -2.27. The average molecular weight is 313 g/mol. The van der Waals surface area contributed by atoms with Crippen molar-refractivity contribution in [1.82, 2.24) is 20.1 Å². The summed E-state index contributed by atoms with van der Waals surface area (Å²) in [6.45, 7) is 8.72. The highest BCUT2D eigenvalue weighted by Crippen LogP contribution is 2.22. The van der Waals surface area contributed by atoms with Crippen LogP contribution in [0.25, 0.3) is 0 Å². The monoisotopic (exact) mass is 313 g/mol. The Labute approximate surface area is 129 Å². The fourth-order valence-corrected chi connectivity index (χ4v) is 2.93. The Hall–Kier alpha value is -1.28. The van der Waals surface area contributed by atoms with Crippen molar-refractivity contribution in [3.05, 3.63) is 0 Å². The average Bonchev–Trinajstić information content (AvgIpc) is 2.94. The number of hydrogen-bond acceptors (Lipinski definition) is 6. The van der Waals surface area contributed by atoms with E-state index in [1.807, 2.05) is 6.92 Å². The summed E-state index contributed by atoms with van der Waals surface area (Å²) in [6, 6.07) is 0. The quantitative estimate of drug-likeness (QED) is 0.749. The van der Waals surface area contributed by atoms with Crippen molar-refractivity contribution >= 4 is 23.6 Å². The Balaban J connectivity index is 1.96. The van der Waals surface area contributed by atoms with Gasteiger partial charge in [-0.05, 0) is 13.3 Å². The molecule has 8 heteroatoms. The molecule has 1 amide bonds. The highest BCUT2D eigenvalue weighted by atomic mass is 32.2. The van der Waals surface area contributed by atoms with Crippen LogP contribution in [0.4, 0.5) is 5.95 Å². The smallest absolute Gasteiger partial charge is 0.230 e. The molecule has 2 rings (SSSR count). The summed E-state index contributed by atoms with van der Waals surface area (Å²) in [5.74, 6) is 1.29. The van der Waals surface area contributed by atoms with Gasteiger partial charge in [0.05, 0.1) is 19.0 Å². The van der Waals surface area contributed by atoms with Gasteiger partial charge < -0.3 is 15.0 Å². The van der Waals surface area contributed by atoms with Crippen LogP contribution in [0.3, 0.4) is 0 Å². The molecule has 1 aromatic rings.